The van der Waals surface area contributed by atoms with E-state index in [4.69, 9.17) is 0 Å². The van der Waals surface area contributed by atoms with Crippen molar-refractivity contribution in [2.75, 3.05) is 0 Å². The average molecular weight is 351 g/mol. The Kier molecular flexibility index (Phi) is 8.91. The molecule has 1 saturated carbocycles. The minimum absolute atomic E-state index is 0.844. The fourth-order valence-corrected chi connectivity index (χ4v) is 3.21. The van der Waals surface area contributed by atoms with E-state index in [9.17, 15) is 0 Å². The number of benzene rings is 1. The molecule has 0 unspecified atom stereocenters. The Morgan fingerprint density at radius 1 is 1.12 bits per heavy atom. The van der Waals surface area contributed by atoms with Crippen molar-refractivity contribution in [3.8, 4) is 0 Å². The summed E-state index contributed by atoms with van der Waals surface area (Å²) in [6.45, 7) is 0. The van der Waals surface area contributed by atoms with Gasteiger partial charge in [0.05, 0.1) is 0 Å². The first-order chi connectivity index (χ1) is 7.95. The third-order valence-corrected chi connectivity index (χ3v) is 4.09. The quantitative estimate of drug-likeness (QED) is 0.404. The maximum absolute atomic E-state index is 3.30. The Balaban J connectivity index is 0.000000606. The molecule has 0 amide bonds. The van der Waals surface area contributed by atoms with Gasteiger partial charge in [0.2, 0.25) is 0 Å². The second-order valence-corrected chi connectivity index (χ2v) is 5.30. The van der Waals surface area contributed by atoms with E-state index >= 15 is 0 Å². The summed E-state index contributed by atoms with van der Waals surface area (Å²) in [4.78, 5) is 1.32. The number of rotatable bonds is 2. The van der Waals surface area contributed by atoms with Crippen molar-refractivity contribution in [2.45, 2.75) is 48.7 Å². The van der Waals surface area contributed by atoms with Crippen molar-refractivity contribution in [2.24, 2.45) is 0 Å². The van der Waals surface area contributed by atoms with Gasteiger partial charge in [0.15, 0.2) is 0 Å². The molecular weight excluding hydrogens is 334 g/mol. The molecule has 0 aromatic heterocycles. The number of thioether (sulfide) groups is 1. The molecule has 0 spiro atoms. The minimum Gasteiger partial charge on any atom is -0.176 e. The zero-order valence-electron chi connectivity index (χ0n) is 9.62. The number of hydrogen-bond donors (Lipinski definition) is 0. The second-order valence-electron chi connectivity index (χ2n) is 3.96. The molecule has 0 aliphatic heterocycles. The topological polar surface area (TPSA) is 0 Å². The molecule has 1 aromatic carbocycles. The molecule has 2 rings (SSSR count). The van der Waals surface area contributed by atoms with E-state index in [-0.39, 0.29) is 0 Å². The van der Waals surface area contributed by atoms with Crippen LogP contribution in [-0.2, 0) is 16.3 Å². The zero-order valence-corrected chi connectivity index (χ0v) is 15.0. The summed E-state index contributed by atoms with van der Waals surface area (Å²) in [6, 6.07) is 11.6. The summed E-state index contributed by atoms with van der Waals surface area (Å²) in [5, 5.41) is 0.844. The van der Waals surface area contributed by atoms with Crippen LogP contribution in [0, 0.1) is 6.07 Å². The average Bonchev–Trinajstić information content (AvgIpc) is 2.62. The van der Waals surface area contributed by atoms with Crippen LogP contribution in [0.2, 0.25) is 0 Å². The van der Waals surface area contributed by atoms with Crippen LogP contribution in [0.4, 0.5) is 0 Å². The molecule has 0 atom stereocenters. The fraction of sp³-hybridized carbons (Fsp3) is 0.538. The van der Waals surface area contributed by atoms with Gasteiger partial charge in [-0.05, 0) is 12.8 Å². The first-order valence-corrected chi connectivity index (χ1v) is 13.7. The molecule has 0 bridgehead atoms. The van der Waals surface area contributed by atoms with Gasteiger partial charge in [0.1, 0.15) is 0 Å². The zero-order chi connectivity index (χ0) is 11.6. The molecule has 3 heteroatoms. The number of halogens is 1. The van der Waals surface area contributed by atoms with Gasteiger partial charge in [-0.15, -0.1) is 16.7 Å². The molecule has 0 N–H and O–H groups in total. The van der Waals surface area contributed by atoms with E-state index in [1.165, 1.54) is 59.8 Å². The molecule has 0 nitrogen and oxygen atoms in total. The molecule has 1 aromatic rings. The monoisotopic (exact) mass is 348 g/mol. The number of hydrogen-bond acceptors (Lipinski definition) is 1. The Bertz CT molecular complexity index is 258. The van der Waals surface area contributed by atoms with Gasteiger partial charge in [0, 0.05) is 5.25 Å². The summed E-state index contributed by atoms with van der Waals surface area (Å²) in [5.41, 5.74) is 0. The van der Waals surface area contributed by atoms with Crippen molar-refractivity contribution in [3.63, 3.8) is 0 Å². The van der Waals surface area contributed by atoms with Gasteiger partial charge in [-0.2, -0.15) is 30.3 Å². The van der Waals surface area contributed by atoms with Gasteiger partial charge >= 0.3 is 30.0 Å². The van der Waals surface area contributed by atoms with Crippen LogP contribution in [-0.4, -0.2) is 5.25 Å². The van der Waals surface area contributed by atoms with Gasteiger partial charge in [-0.3, -0.25) is 0 Å². The molecule has 1 aliphatic carbocycles. The van der Waals surface area contributed by atoms with E-state index in [0.29, 0.717) is 0 Å². The van der Waals surface area contributed by atoms with Crippen molar-refractivity contribution >= 4 is 25.4 Å². The molecule has 84 valence electrons. The first kappa shape index (κ1) is 14.7. The SMILES string of the molecule is [Zn+][Br].[c-]1ccccc1SC1CCCCCC1. The van der Waals surface area contributed by atoms with E-state index < -0.39 is 0 Å². The van der Waals surface area contributed by atoms with E-state index in [2.05, 4.69) is 31.8 Å². The van der Waals surface area contributed by atoms with Gasteiger partial charge in [-0.1, -0.05) is 25.7 Å². The predicted molar refractivity (Wildman–Crippen MR) is 71.6 cm³/mol. The van der Waals surface area contributed by atoms with E-state index in [0.717, 1.165) is 5.25 Å². The Morgan fingerprint density at radius 2 is 1.81 bits per heavy atom. The van der Waals surface area contributed by atoms with Gasteiger partial charge in [-0.25, -0.2) is 0 Å². The van der Waals surface area contributed by atoms with Crippen LogP contribution < -0.4 is 0 Å². The summed E-state index contributed by atoms with van der Waals surface area (Å²) in [6.07, 6.45) is 8.51. The van der Waals surface area contributed by atoms with E-state index in [1.54, 1.807) is 0 Å². The molecule has 0 heterocycles. The molecule has 16 heavy (non-hydrogen) atoms. The summed E-state index contributed by atoms with van der Waals surface area (Å²) < 4.78 is 0. The van der Waals surface area contributed by atoms with Crippen LogP contribution in [0.25, 0.3) is 0 Å². The van der Waals surface area contributed by atoms with E-state index in [1.807, 2.05) is 23.9 Å². The maximum Gasteiger partial charge on any atom is 0.00734 e. The van der Waals surface area contributed by atoms with Gasteiger partial charge in [0.25, 0.3) is 0 Å². The molecular formula is C13H17BrSZn. The Morgan fingerprint density at radius 3 is 2.38 bits per heavy atom. The van der Waals surface area contributed by atoms with Crippen LogP contribution in [0.3, 0.4) is 0 Å². The maximum atomic E-state index is 3.30. The molecule has 0 radical (unpaired) electrons. The molecule has 0 saturated heterocycles. The summed E-state index contributed by atoms with van der Waals surface area (Å²) in [5.74, 6) is 0. The smallest absolute Gasteiger partial charge is 0.00734 e. The van der Waals surface area contributed by atoms with Crippen LogP contribution in [0.5, 0.6) is 0 Å². The normalized spacial score (nSPS) is 17.2. The fourth-order valence-electron chi connectivity index (χ4n) is 1.99. The minimum atomic E-state index is 0.844. The standard InChI is InChI=1S/C13H17S.BrH.Zn/c1-2-5-9-12(8-4-1)14-13-10-6-3-7-11-13;;/h3,6-7,10,12H,1-2,4-5,8-9H2;1H;/q-1;;+2/p-1. The summed E-state index contributed by atoms with van der Waals surface area (Å²) in [7, 11) is 0. The first-order valence-electron chi connectivity index (χ1n) is 5.85. The van der Waals surface area contributed by atoms with Crippen molar-refractivity contribution in [3.05, 3.63) is 30.3 Å². The van der Waals surface area contributed by atoms with Crippen LogP contribution in [0.15, 0.2) is 29.2 Å². The molecule has 1 aliphatic rings. The van der Waals surface area contributed by atoms with Crippen molar-refractivity contribution < 1.29 is 16.3 Å². The second kappa shape index (κ2) is 9.68. The third kappa shape index (κ3) is 5.84. The summed E-state index contributed by atoms with van der Waals surface area (Å²) >= 11 is 6.27. The van der Waals surface area contributed by atoms with Crippen molar-refractivity contribution in [1.82, 2.24) is 0 Å². The van der Waals surface area contributed by atoms with Crippen LogP contribution in [0.1, 0.15) is 38.5 Å². The third-order valence-electron chi connectivity index (χ3n) is 2.78. The Labute approximate surface area is 120 Å². The predicted octanol–water partition coefficient (Wildman–Crippen LogP) is 5.14. The van der Waals surface area contributed by atoms with Gasteiger partial charge < -0.3 is 0 Å². The van der Waals surface area contributed by atoms with Crippen LogP contribution >= 0.6 is 25.4 Å². The largest absolute Gasteiger partial charge is 0.176 e. The molecule has 1 fully saturated rings. The van der Waals surface area contributed by atoms with Crippen molar-refractivity contribution in [1.29, 1.82) is 0 Å². The Hall–Kier alpha value is 0.673.